The van der Waals surface area contributed by atoms with Gasteiger partial charge in [-0.25, -0.2) is 8.42 Å². The van der Waals surface area contributed by atoms with Crippen LogP contribution < -0.4 is 5.32 Å². The van der Waals surface area contributed by atoms with E-state index in [4.69, 9.17) is 4.74 Å². The number of benzene rings is 1. The Labute approximate surface area is 137 Å². The number of carbonyl (C=O) groups is 1. The molecule has 1 saturated heterocycles. The van der Waals surface area contributed by atoms with Gasteiger partial charge in [0.2, 0.25) is 10.0 Å². The third kappa shape index (κ3) is 4.76. The third-order valence-corrected chi connectivity index (χ3v) is 5.79. The van der Waals surface area contributed by atoms with Gasteiger partial charge in [0, 0.05) is 38.9 Å². The Hall–Kier alpha value is -1.44. The van der Waals surface area contributed by atoms with Gasteiger partial charge in [0.05, 0.1) is 4.90 Å². The summed E-state index contributed by atoms with van der Waals surface area (Å²) in [4.78, 5) is 12.2. The van der Waals surface area contributed by atoms with E-state index in [2.05, 4.69) is 5.32 Å². The van der Waals surface area contributed by atoms with Gasteiger partial charge in [0.25, 0.3) is 5.91 Å². The normalized spacial score (nSPS) is 15.7. The van der Waals surface area contributed by atoms with E-state index in [-0.39, 0.29) is 10.8 Å². The molecule has 1 aromatic rings. The molecule has 1 aliphatic heterocycles. The number of hydrogen-bond donors (Lipinski definition) is 1. The predicted molar refractivity (Wildman–Crippen MR) is 87.9 cm³/mol. The van der Waals surface area contributed by atoms with Gasteiger partial charge in [0.15, 0.2) is 0 Å². The summed E-state index contributed by atoms with van der Waals surface area (Å²) < 4.78 is 31.2. The summed E-state index contributed by atoms with van der Waals surface area (Å²) in [6, 6.07) is 6.14. The molecule has 0 atom stereocenters. The van der Waals surface area contributed by atoms with Gasteiger partial charge < -0.3 is 10.1 Å². The second-order valence-electron chi connectivity index (χ2n) is 5.59. The molecule has 0 bridgehead atoms. The zero-order chi connectivity index (χ0) is 16.7. The zero-order valence-electron chi connectivity index (χ0n) is 13.5. The minimum atomic E-state index is -3.42. The summed E-state index contributed by atoms with van der Waals surface area (Å²) in [5.74, 6) is -0.187. The first-order chi connectivity index (χ1) is 11.1. The molecule has 6 nitrogen and oxygen atoms in total. The van der Waals surface area contributed by atoms with Gasteiger partial charge in [-0.15, -0.1) is 0 Å². The molecule has 1 aromatic carbocycles. The summed E-state index contributed by atoms with van der Waals surface area (Å²) in [7, 11) is -1.77. The van der Waals surface area contributed by atoms with Crippen LogP contribution in [0.3, 0.4) is 0 Å². The maximum atomic E-state index is 12.4. The fraction of sp³-hybridized carbons (Fsp3) is 0.562. The number of sulfonamides is 1. The molecule has 23 heavy (non-hydrogen) atoms. The molecule has 0 unspecified atom stereocenters. The fourth-order valence-electron chi connectivity index (χ4n) is 2.53. The van der Waals surface area contributed by atoms with E-state index in [1.54, 1.807) is 19.2 Å². The SMILES string of the molecule is COCCCCNC(=O)c1ccc(S(=O)(=O)N2CCCC2)cc1. The van der Waals surface area contributed by atoms with E-state index in [1.165, 1.54) is 16.4 Å². The maximum Gasteiger partial charge on any atom is 0.251 e. The number of carbonyl (C=O) groups excluding carboxylic acids is 1. The fourth-order valence-corrected chi connectivity index (χ4v) is 4.05. The monoisotopic (exact) mass is 340 g/mol. The highest BCUT2D eigenvalue weighted by Gasteiger charge is 2.27. The Morgan fingerprint density at radius 1 is 1.17 bits per heavy atom. The number of methoxy groups -OCH3 is 1. The second-order valence-corrected chi connectivity index (χ2v) is 7.53. The summed E-state index contributed by atoms with van der Waals surface area (Å²) in [6.07, 6.45) is 3.55. The van der Waals surface area contributed by atoms with Gasteiger partial charge in [-0.05, 0) is 49.9 Å². The first-order valence-electron chi connectivity index (χ1n) is 7.93. The average molecular weight is 340 g/mol. The molecule has 1 N–H and O–H groups in total. The van der Waals surface area contributed by atoms with Crippen molar-refractivity contribution in [2.45, 2.75) is 30.6 Å². The van der Waals surface area contributed by atoms with Crippen molar-refractivity contribution in [1.82, 2.24) is 9.62 Å². The Morgan fingerprint density at radius 3 is 2.43 bits per heavy atom. The van der Waals surface area contributed by atoms with Crippen molar-refractivity contribution in [1.29, 1.82) is 0 Å². The molecular formula is C16H24N2O4S. The molecule has 0 aromatic heterocycles. The highest BCUT2D eigenvalue weighted by molar-refractivity contribution is 7.89. The molecule has 1 fully saturated rings. The van der Waals surface area contributed by atoms with Gasteiger partial charge in [-0.2, -0.15) is 4.31 Å². The molecule has 128 valence electrons. The van der Waals surface area contributed by atoms with Crippen molar-refractivity contribution >= 4 is 15.9 Å². The van der Waals surface area contributed by atoms with Crippen molar-refractivity contribution in [2.75, 3.05) is 33.4 Å². The highest BCUT2D eigenvalue weighted by Crippen LogP contribution is 2.21. The van der Waals surface area contributed by atoms with Crippen molar-refractivity contribution in [3.8, 4) is 0 Å². The molecule has 2 rings (SSSR count). The summed E-state index contributed by atoms with van der Waals surface area (Å²) in [5.41, 5.74) is 0.470. The third-order valence-electron chi connectivity index (χ3n) is 3.88. The van der Waals surface area contributed by atoms with Crippen molar-refractivity contribution in [3.05, 3.63) is 29.8 Å². The van der Waals surface area contributed by atoms with Gasteiger partial charge in [-0.3, -0.25) is 4.79 Å². The smallest absolute Gasteiger partial charge is 0.251 e. The Morgan fingerprint density at radius 2 is 1.83 bits per heavy atom. The number of nitrogens with one attached hydrogen (secondary N) is 1. The van der Waals surface area contributed by atoms with Crippen LogP contribution in [0.25, 0.3) is 0 Å². The predicted octanol–water partition coefficient (Wildman–Crippen LogP) is 1.63. The molecule has 0 spiro atoms. The summed E-state index contributed by atoms with van der Waals surface area (Å²) >= 11 is 0. The van der Waals surface area contributed by atoms with Gasteiger partial charge in [-0.1, -0.05) is 0 Å². The molecule has 1 heterocycles. The lowest BCUT2D eigenvalue weighted by Crippen LogP contribution is -2.28. The van der Waals surface area contributed by atoms with Crippen LogP contribution in [-0.4, -0.2) is 52.0 Å². The van der Waals surface area contributed by atoms with E-state index < -0.39 is 10.0 Å². The molecule has 0 aliphatic carbocycles. The van der Waals surface area contributed by atoms with Crippen LogP contribution in [0.1, 0.15) is 36.0 Å². The lowest BCUT2D eigenvalue weighted by molar-refractivity contribution is 0.0951. The van der Waals surface area contributed by atoms with E-state index in [9.17, 15) is 13.2 Å². The van der Waals surface area contributed by atoms with E-state index in [0.29, 0.717) is 31.8 Å². The minimum Gasteiger partial charge on any atom is -0.385 e. The number of amides is 1. The van der Waals surface area contributed by atoms with Crippen LogP contribution in [0.2, 0.25) is 0 Å². The largest absolute Gasteiger partial charge is 0.385 e. The van der Waals surface area contributed by atoms with Crippen LogP contribution in [0.5, 0.6) is 0 Å². The second kappa shape index (κ2) is 8.42. The van der Waals surface area contributed by atoms with E-state index in [0.717, 1.165) is 25.7 Å². The Kier molecular flexibility index (Phi) is 6.56. The van der Waals surface area contributed by atoms with Crippen LogP contribution in [0, 0.1) is 0 Å². The molecule has 1 amide bonds. The standard InChI is InChI=1S/C16H24N2O4S/c1-22-13-5-2-10-17-16(19)14-6-8-15(9-7-14)23(20,21)18-11-3-4-12-18/h6-9H,2-5,10-13H2,1H3,(H,17,19). The van der Waals surface area contributed by atoms with Crippen LogP contribution in [-0.2, 0) is 14.8 Å². The van der Waals surface area contributed by atoms with Crippen molar-refractivity contribution in [3.63, 3.8) is 0 Å². The van der Waals surface area contributed by atoms with Crippen molar-refractivity contribution < 1.29 is 17.9 Å². The van der Waals surface area contributed by atoms with E-state index in [1.807, 2.05) is 0 Å². The first-order valence-corrected chi connectivity index (χ1v) is 9.37. The number of hydrogen-bond acceptors (Lipinski definition) is 4. The van der Waals surface area contributed by atoms with Crippen molar-refractivity contribution in [2.24, 2.45) is 0 Å². The maximum absolute atomic E-state index is 12.4. The molecule has 1 aliphatic rings. The Bertz CT molecular complexity index is 607. The topological polar surface area (TPSA) is 75.7 Å². The van der Waals surface area contributed by atoms with Crippen LogP contribution in [0.4, 0.5) is 0 Å². The van der Waals surface area contributed by atoms with Crippen LogP contribution in [0.15, 0.2) is 29.2 Å². The summed E-state index contributed by atoms with van der Waals surface area (Å²) in [6.45, 7) is 2.41. The van der Waals surface area contributed by atoms with E-state index >= 15 is 0 Å². The lowest BCUT2D eigenvalue weighted by Gasteiger charge is -2.15. The zero-order valence-corrected chi connectivity index (χ0v) is 14.3. The molecule has 7 heteroatoms. The highest BCUT2D eigenvalue weighted by atomic mass is 32.2. The number of nitrogens with zero attached hydrogens (tertiary/aromatic N) is 1. The average Bonchev–Trinajstić information content (AvgIpc) is 3.10. The first kappa shape index (κ1) is 17.9. The molecule has 0 saturated carbocycles. The lowest BCUT2D eigenvalue weighted by atomic mass is 10.2. The molecular weight excluding hydrogens is 316 g/mol. The number of ether oxygens (including phenoxy) is 1. The molecule has 0 radical (unpaired) electrons. The quantitative estimate of drug-likeness (QED) is 0.730. The Balaban J connectivity index is 1.92. The van der Waals surface area contributed by atoms with Crippen LogP contribution >= 0.6 is 0 Å². The summed E-state index contributed by atoms with van der Waals surface area (Å²) in [5, 5.41) is 2.82. The minimum absolute atomic E-state index is 0.187. The van der Waals surface area contributed by atoms with Gasteiger partial charge in [0.1, 0.15) is 0 Å². The number of unbranched alkanes of at least 4 members (excludes halogenated alkanes) is 1. The van der Waals surface area contributed by atoms with Gasteiger partial charge >= 0.3 is 0 Å². The number of rotatable bonds is 8.